The fourth-order valence-electron chi connectivity index (χ4n) is 1.83. The molecule has 3 heteroatoms. The topological polar surface area (TPSA) is 42.9 Å². The summed E-state index contributed by atoms with van der Waals surface area (Å²) in [5.41, 5.74) is 2.85. The SMILES string of the molecule is O=Cc1ccc(-c2ncc(C3CC3)cn2)cc1. The van der Waals surface area contributed by atoms with Gasteiger partial charge in [0.2, 0.25) is 0 Å². The molecule has 1 heterocycles. The lowest BCUT2D eigenvalue weighted by Crippen LogP contribution is -1.91. The van der Waals surface area contributed by atoms with E-state index in [1.54, 1.807) is 12.1 Å². The lowest BCUT2D eigenvalue weighted by Gasteiger charge is -2.01. The Labute approximate surface area is 99.5 Å². The summed E-state index contributed by atoms with van der Waals surface area (Å²) in [6.45, 7) is 0. The van der Waals surface area contributed by atoms with Crippen molar-refractivity contribution in [2.24, 2.45) is 0 Å². The largest absolute Gasteiger partial charge is 0.298 e. The molecule has 2 aromatic rings. The number of hydrogen-bond acceptors (Lipinski definition) is 3. The van der Waals surface area contributed by atoms with Crippen molar-refractivity contribution in [1.29, 1.82) is 0 Å². The molecule has 17 heavy (non-hydrogen) atoms. The second-order valence-corrected chi connectivity index (χ2v) is 4.35. The van der Waals surface area contributed by atoms with Gasteiger partial charge in [0.25, 0.3) is 0 Å². The fourth-order valence-corrected chi connectivity index (χ4v) is 1.83. The molecule has 0 spiro atoms. The zero-order chi connectivity index (χ0) is 11.7. The maximum absolute atomic E-state index is 10.5. The quantitative estimate of drug-likeness (QED) is 0.753. The van der Waals surface area contributed by atoms with Crippen LogP contribution in [-0.2, 0) is 0 Å². The van der Waals surface area contributed by atoms with Crippen LogP contribution in [0.2, 0.25) is 0 Å². The van der Waals surface area contributed by atoms with Gasteiger partial charge in [-0.15, -0.1) is 0 Å². The number of nitrogens with zero attached hydrogens (tertiary/aromatic N) is 2. The van der Waals surface area contributed by atoms with Gasteiger partial charge in [-0.05, 0) is 24.3 Å². The van der Waals surface area contributed by atoms with E-state index in [1.165, 1.54) is 18.4 Å². The first-order valence-corrected chi connectivity index (χ1v) is 5.74. The number of carbonyl (C=O) groups excluding carboxylic acids is 1. The van der Waals surface area contributed by atoms with Crippen molar-refractivity contribution < 1.29 is 4.79 Å². The average molecular weight is 224 g/mol. The lowest BCUT2D eigenvalue weighted by atomic mass is 10.1. The molecule has 0 N–H and O–H groups in total. The van der Waals surface area contributed by atoms with Gasteiger partial charge in [-0.2, -0.15) is 0 Å². The summed E-state index contributed by atoms with van der Waals surface area (Å²) in [4.78, 5) is 19.3. The number of aromatic nitrogens is 2. The predicted octanol–water partition coefficient (Wildman–Crippen LogP) is 2.83. The Kier molecular flexibility index (Phi) is 2.44. The summed E-state index contributed by atoms with van der Waals surface area (Å²) in [5, 5.41) is 0. The molecule has 1 aliphatic carbocycles. The number of aldehydes is 1. The minimum atomic E-state index is 0.670. The van der Waals surface area contributed by atoms with Crippen molar-refractivity contribution in [2.75, 3.05) is 0 Å². The Morgan fingerprint density at radius 2 is 1.71 bits per heavy atom. The summed E-state index contributed by atoms with van der Waals surface area (Å²) in [6.07, 6.45) is 7.18. The minimum absolute atomic E-state index is 0.670. The molecule has 0 bridgehead atoms. The standard InChI is InChI=1S/C14H12N2O/c17-9-10-1-3-12(4-2-10)14-15-7-13(8-16-14)11-5-6-11/h1-4,7-9,11H,5-6H2. The van der Waals surface area contributed by atoms with Crippen LogP contribution >= 0.6 is 0 Å². The van der Waals surface area contributed by atoms with Crippen molar-refractivity contribution in [3.8, 4) is 11.4 Å². The monoisotopic (exact) mass is 224 g/mol. The Hall–Kier alpha value is -2.03. The van der Waals surface area contributed by atoms with Crippen LogP contribution in [0.15, 0.2) is 36.7 Å². The molecule has 0 atom stereocenters. The van der Waals surface area contributed by atoms with Crippen LogP contribution in [0.4, 0.5) is 0 Å². The minimum Gasteiger partial charge on any atom is -0.298 e. The lowest BCUT2D eigenvalue weighted by molar-refractivity contribution is 0.112. The normalized spacial score (nSPS) is 14.6. The third-order valence-corrected chi connectivity index (χ3v) is 3.03. The van der Waals surface area contributed by atoms with Crippen LogP contribution in [0.1, 0.15) is 34.7 Å². The van der Waals surface area contributed by atoms with E-state index in [-0.39, 0.29) is 0 Å². The van der Waals surface area contributed by atoms with Gasteiger partial charge in [-0.1, -0.05) is 24.3 Å². The van der Waals surface area contributed by atoms with Crippen LogP contribution in [0.3, 0.4) is 0 Å². The Morgan fingerprint density at radius 1 is 1.06 bits per heavy atom. The second kappa shape index (κ2) is 4.09. The summed E-state index contributed by atoms with van der Waals surface area (Å²) in [5.74, 6) is 1.40. The van der Waals surface area contributed by atoms with E-state index in [1.807, 2.05) is 24.5 Å². The van der Waals surface area contributed by atoms with Crippen LogP contribution < -0.4 is 0 Å². The third-order valence-electron chi connectivity index (χ3n) is 3.03. The molecule has 1 aromatic carbocycles. The fraction of sp³-hybridized carbons (Fsp3) is 0.214. The van der Waals surface area contributed by atoms with Crippen LogP contribution in [0, 0.1) is 0 Å². The molecule has 0 radical (unpaired) electrons. The highest BCUT2D eigenvalue weighted by molar-refractivity contribution is 5.76. The first-order chi connectivity index (χ1) is 8.36. The van der Waals surface area contributed by atoms with E-state index < -0.39 is 0 Å². The van der Waals surface area contributed by atoms with Crippen LogP contribution in [0.5, 0.6) is 0 Å². The van der Waals surface area contributed by atoms with E-state index in [0.717, 1.165) is 11.8 Å². The molecular formula is C14H12N2O. The third kappa shape index (κ3) is 2.09. The number of carbonyl (C=O) groups is 1. The molecule has 3 rings (SSSR count). The van der Waals surface area contributed by atoms with E-state index in [0.29, 0.717) is 17.3 Å². The molecule has 1 saturated carbocycles. The highest BCUT2D eigenvalue weighted by atomic mass is 16.1. The molecule has 1 fully saturated rings. The molecule has 0 saturated heterocycles. The first kappa shape index (κ1) is 10.1. The van der Waals surface area contributed by atoms with E-state index in [4.69, 9.17) is 0 Å². The van der Waals surface area contributed by atoms with Gasteiger partial charge in [0.05, 0.1) is 0 Å². The van der Waals surface area contributed by atoms with E-state index >= 15 is 0 Å². The maximum atomic E-state index is 10.5. The van der Waals surface area contributed by atoms with Gasteiger partial charge in [-0.25, -0.2) is 9.97 Å². The van der Waals surface area contributed by atoms with E-state index in [2.05, 4.69) is 9.97 Å². The Morgan fingerprint density at radius 3 is 2.24 bits per heavy atom. The molecule has 1 aliphatic rings. The maximum Gasteiger partial charge on any atom is 0.159 e. The van der Waals surface area contributed by atoms with Crippen LogP contribution in [-0.4, -0.2) is 16.3 Å². The smallest absolute Gasteiger partial charge is 0.159 e. The predicted molar refractivity (Wildman–Crippen MR) is 64.8 cm³/mol. The van der Waals surface area contributed by atoms with Crippen molar-refractivity contribution in [3.05, 3.63) is 47.8 Å². The number of rotatable bonds is 3. The van der Waals surface area contributed by atoms with Crippen molar-refractivity contribution in [1.82, 2.24) is 9.97 Å². The van der Waals surface area contributed by atoms with E-state index in [9.17, 15) is 4.79 Å². The van der Waals surface area contributed by atoms with Crippen molar-refractivity contribution >= 4 is 6.29 Å². The zero-order valence-corrected chi connectivity index (χ0v) is 9.34. The van der Waals surface area contributed by atoms with Gasteiger partial charge in [0.15, 0.2) is 5.82 Å². The zero-order valence-electron chi connectivity index (χ0n) is 9.34. The Balaban J connectivity index is 1.88. The second-order valence-electron chi connectivity index (χ2n) is 4.35. The van der Waals surface area contributed by atoms with Gasteiger partial charge in [0, 0.05) is 23.5 Å². The molecule has 3 nitrogen and oxygen atoms in total. The van der Waals surface area contributed by atoms with Gasteiger partial charge < -0.3 is 0 Å². The number of benzene rings is 1. The molecule has 0 aliphatic heterocycles. The van der Waals surface area contributed by atoms with Crippen LogP contribution in [0.25, 0.3) is 11.4 Å². The molecule has 1 aromatic heterocycles. The summed E-state index contributed by atoms with van der Waals surface area (Å²) >= 11 is 0. The van der Waals surface area contributed by atoms with Crippen molar-refractivity contribution in [3.63, 3.8) is 0 Å². The molecular weight excluding hydrogens is 212 g/mol. The number of hydrogen-bond donors (Lipinski definition) is 0. The highest BCUT2D eigenvalue weighted by Gasteiger charge is 2.23. The van der Waals surface area contributed by atoms with Gasteiger partial charge in [0.1, 0.15) is 6.29 Å². The van der Waals surface area contributed by atoms with Crippen molar-refractivity contribution in [2.45, 2.75) is 18.8 Å². The molecule has 0 unspecified atom stereocenters. The molecule has 0 amide bonds. The summed E-state index contributed by atoms with van der Waals surface area (Å²) < 4.78 is 0. The molecule has 84 valence electrons. The summed E-state index contributed by atoms with van der Waals surface area (Å²) in [6, 6.07) is 7.30. The Bertz CT molecular complexity index is 527. The average Bonchev–Trinajstić information content (AvgIpc) is 3.24. The van der Waals surface area contributed by atoms with Gasteiger partial charge in [-0.3, -0.25) is 4.79 Å². The first-order valence-electron chi connectivity index (χ1n) is 5.74. The summed E-state index contributed by atoms with van der Waals surface area (Å²) in [7, 11) is 0. The van der Waals surface area contributed by atoms with Gasteiger partial charge >= 0.3 is 0 Å². The highest BCUT2D eigenvalue weighted by Crippen LogP contribution is 2.39.